The highest BCUT2D eigenvalue weighted by Gasteiger charge is 2.43. The molecule has 0 saturated carbocycles. The molecule has 1 fully saturated rings. The zero-order valence-electron chi connectivity index (χ0n) is 9.52. The highest BCUT2D eigenvalue weighted by Crippen LogP contribution is 2.30. The van der Waals surface area contributed by atoms with Gasteiger partial charge in [0.2, 0.25) is 5.91 Å². The number of halogens is 1. The number of hydrogen-bond donors (Lipinski definition) is 2. The highest BCUT2D eigenvalue weighted by atomic mass is 79.9. The summed E-state index contributed by atoms with van der Waals surface area (Å²) >= 11 is 3.33. The number of hydrogen-bond acceptors (Lipinski definition) is 3. The summed E-state index contributed by atoms with van der Waals surface area (Å²) < 4.78 is 0.811. The molecule has 2 aliphatic rings. The van der Waals surface area contributed by atoms with Crippen molar-refractivity contribution in [3.05, 3.63) is 28.2 Å². The lowest BCUT2D eigenvalue weighted by atomic mass is 10.1. The molecule has 1 saturated heterocycles. The molecule has 3 rings (SSSR count). The van der Waals surface area contributed by atoms with Crippen molar-refractivity contribution < 1.29 is 9.59 Å². The summed E-state index contributed by atoms with van der Waals surface area (Å²) in [6.45, 7) is 0.532. The van der Waals surface area contributed by atoms with Gasteiger partial charge in [0.15, 0.2) is 0 Å². The Morgan fingerprint density at radius 2 is 2.17 bits per heavy atom. The van der Waals surface area contributed by atoms with E-state index in [9.17, 15) is 9.59 Å². The average molecular weight is 310 g/mol. The van der Waals surface area contributed by atoms with Crippen LogP contribution in [0.15, 0.2) is 22.7 Å². The van der Waals surface area contributed by atoms with E-state index in [0.29, 0.717) is 24.2 Å². The largest absolute Gasteiger partial charge is 0.325 e. The molecule has 2 atom stereocenters. The molecular formula is C12H12BrN3O2. The van der Waals surface area contributed by atoms with Crippen LogP contribution in [0.3, 0.4) is 0 Å². The first-order chi connectivity index (χ1) is 8.58. The fraction of sp³-hybridized carbons (Fsp3) is 0.333. The Balaban J connectivity index is 2.11. The number of nitrogens with two attached hydrogens (primary N) is 1. The van der Waals surface area contributed by atoms with Crippen molar-refractivity contribution in [3.8, 4) is 0 Å². The number of fused-ring (bicyclic) bond motifs is 2. The van der Waals surface area contributed by atoms with E-state index in [-0.39, 0.29) is 17.9 Å². The van der Waals surface area contributed by atoms with Crippen LogP contribution in [-0.4, -0.2) is 35.3 Å². The van der Waals surface area contributed by atoms with Gasteiger partial charge in [0, 0.05) is 17.1 Å². The molecule has 2 amide bonds. The van der Waals surface area contributed by atoms with Gasteiger partial charge in [0.25, 0.3) is 5.91 Å². The van der Waals surface area contributed by atoms with Crippen molar-refractivity contribution in [2.75, 3.05) is 11.9 Å². The van der Waals surface area contributed by atoms with Gasteiger partial charge in [0.05, 0.1) is 11.3 Å². The number of anilines is 1. The van der Waals surface area contributed by atoms with Crippen molar-refractivity contribution in [1.82, 2.24) is 4.90 Å². The fourth-order valence-electron chi connectivity index (χ4n) is 2.54. The molecule has 18 heavy (non-hydrogen) atoms. The Kier molecular flexibility index (Phi) is 2.64. The van der Waals surface area contributed by atoms with E-state index in [2.05, 4.69) is 21.2 Å². The lowest BCUT2D eigenvalue weighted by molar-refractivity contribution is -0.119. The third-order valence-corrected chi connectivity index (χ3v) is 3.94. The van der Waals surface area contributed by atoms with E-state index in [1.54, 1.807) is 23.1 Å². The molecule has 0 aliphatic carbocycles. The van der Waals surface area contributed by atoms with Gasteiger partial charge in [-0.05, 0) is 24.6 Å². The Labute approximate surface area is 112 Å². The summed E-state index contributed by atoms with van der Waals surface area (Å²) in [6, 6.07) is 4.41. The fourth-order valence-corrected chi connectivity index (χ4v) is 2.90. The molecule has 94 valence electrons. The van der Waals surface area contributed by atoms with Crippen molar-refractivity contribution >= 4 is 33.4 Å². The Hall–Kier alpha value is -1.40. The standard InChI is InChI=1S/C12H12BrN3O2/c13-6-1-2-9-7(5-6)12(18)16-4-3-8(14)10(16)11(17)15-9/h1-2,5,8,10H,3-4,14H2,(H,15,17)/t8-,10-/m0/s1. The summed E-state index contributed by atoms with van der Waals surface area (Å²) in [4.78, 5) is 26.1. The van der Waals surface area contributed by atoms with Crippen LogP contribution < -0.4 is 11.1 Å². The van der Waals surface area contributed by atoms with Crippen LogP contribution in [0.1, 0.15) is 16.8 Å². The number of nitrogens with zero attached hydrogens (tertiary/aromatic N) is 1. The quantitative estimate of drug-likeness (QED) is 0.749. The highest BCUT2D eigenvalue weighted by molar-refractivity contribution is 9.10. The van der Waals surface area contributed by atoms with E-state index in [4.69, 9.17) is 5.73 Å². The lowest BCUT2D eigenvalue weighted by Crippen LogP contribution is -2.48. The molecule has 2 aliphatic heterocycles. The van der Waals surface area contributed by atoms with Gasteiger partial charge >= 0.3 is 0 Å². The predicted octanol–water partition coefficient (Wildman–Crippen LogP) is 0.943. The average Bonchev–Trinajstić information content (AvgIpc) is 2.68. The second kappa shape index (κ2) is 4.07. The molecule has 0 radical (unpaired) electrons. The molecule has 0 aromatic heterocycles. The van der Waals surface area contributed by atoms with Crippen LogP contribution in [0.5, 0.6) is 0 Å². The minimum atomic E-state index is -0.552. The number of carbonyl (C=O) groups excluding carboxylic acids is 2. The SMILES string of the molecule is N[C@H]1CCN2C(=O)c3cc(Br)ccc3NC(=O)[C@H]12. The molecule has 0 unspecified atom stereocenters. The second-order valence-electron chi connectivity index (χ2n) is 4.58. The van der Waals surface area contributed by atoms with Crippen molar-refractivity contribution in [2.24, 2.45) is 5.73 Å². The van der Waals surface area contributed by atoms with E-state index in [0.717, 1.165) is 4.47 Å². The van der Waals surface area contributed by atoms with Crippen molar-refractivity contribution in [3.63, 3.8) is 0 Å². The van der Waals surface area contributed by atoms with Crippen LogP contribution in [-0.2, 0) is 4.79 Å². The maximum Gasteiger partial charge on any atom is 0.256 e. The Morgan fingerprint density at radius 1 is 1.39 bits per heavy atom. The summed E-state index contributed by atoms with van der Waals surface area (Å²) in [5.41, 5.74) is 6.97. The van der Waals surface area contributed by atoms with Gasteiger partial charge in [-0.15, -0.1) is 0 Å². The molecule has 1 aromatic rings. The maximum atomic E-state index is 12.4. The molecule has 0 bridgehead atoms. The monoisotopic (exact) mass is 309 g/mol. The molecule has 5 nitrogen and oxygen atoms in total. The zero-order valence-corrected chi connectivity index (χ0v) is 11.1. The zero-order chi connectivity index (χ0) is 12.9. The first kappa shape index (κ1) is 11.7. The number of nitrogens with one attached hydrogen (secondary N) is 1. The van der Waals surface area contributed by atoms with E-state index in [1.165, 1.54) is 0 Å². The first-order valence-electron chi connectivity index (χ1n) is 5.75. The maximum absolute atomic E-state index is 12.4. The van der Waals surface area contributed by atoms with Gasteiger partial charge in [0.1, 0.15) is 6.04 Å². The predicted molar refractivity (Wildman–Crippen MR) is 70.2 cm³/mol. The van der Waals surface area contributed by atoms with E-state index in [1.807, 2.05) is 0 Å². The molecule has 3 N–H and O–H groups in total. The van der Waals surface area contributed by atoms with Gasteiger partial charge in [-0.1, -0.05) is 15.9 Å². The van der Waals surface area contributed by atoms with Crippen molar-refractivity contribution in [2.45, 2.75) is 18.5 Å². The van der Waals surface area contributed by atoms with E-state index >= 15 is 0 Å². The Morgan fingerprint density at radius 3 is 2.94 bits per heavy atom. The summed E-state index contributed by atoms with van der Waals surface area (Å²) in [5, 5.41) is 2.78. The first-order valence-corrected chi connectivity index (χ1v) is 6.54. The van der Waals surface area contributed by atoms with Gasteiger partial charge < -0.3 is 16.0 Å². The van der Waals surface area contributed by atoms with Crippen LogP contribution in [0.25, 0.3) is 0 Å². The molecule has 6 heteroatoms. The summed E-state index contributed by atoms with van der Waals surface area (Å²) in [5.74, 6) is -0.336. The van der Waals surface area contributed by atoms with Crippen LogP contribution >= 0.6 is 15.9 Å². The Bertz CT molecular complexity index is 546. The van der Waals surface area contributed by atoms with Gasteiger partial charge in [-0.3, -0.25) is 9.59 Å². The number of rotatable bonds is 0. The third kappa shape index (κ3) is 1.64. The minimum Gasteiger partial charge on any atom is -0.325 e. The summed E-state index contributed by atoms with van der Waals surface area (Å²) in [7, 11) is 0. The normalized spacial score (nSPS) is 26.4. The smallest absolute Gasteiger partial charge is 0.256 e. The minimum absolute atomic E-state index is 0.136. The number of carbonyl (C=O) groups is 2. The van der Waals surface area contributed by atoms with Crippen LogP contribution in [0.2, 0.25) is 0 Å². The molecule has 1 aromatic carbocycles. The summed E-state index contributed by atoms with van der Waals surface area (Å²) in [6.07, 6.45) is 0.660. The van der Waals surface area contributed by atoms with Crippen LogP contribution in [0, 0.1) is 0 Å². The lowest BCUT2D eigenvalue weighted by Gasteiger charge is -2.22. The topological polar surface area (TPSA) is 75.4 Å². The molecule has 0 spiro atoms. The molecule has 2 heterocycles. The van der Waals surface area contributed by atoms with E-state index < -0.39 is 6.04 Å². The number of amides is 2. The van der Waals surface area contributed by atoms with Crippen molar-refractivity contribution in [1.29, 1.82) is 0 Å². The van der Waals surface area contributed by atoms with Gasteiger partial charge in [-0.2, -0.15) is 0 Å². The second-order valence-corrected chi connectivity index (χ2v) is 5.49. The number of benzene rings is 1. The molecular weight excluding hydrogens is 298 g/mol. The third-order valence-electron chi connectivity index (χ3n) is 3.44. The van der Waals surface area contributed by atoms with Crippen LogP contribution in [0.4, 0.5) is 5.69 Å². The van der Waals surface area contributed by atoms with Gasteiger partial charge in [-0.25, -0.2) is 0 Å².